The van der Waals surface area contributed by atoms with Crippen LogP contribution >= 0.6 is 0 Å². The van der Waals surface area contributed by atoms with Crippen LogP contribution in [0.1, 0.15) is 25.3 Å². The third kappa shape index (κ3) is 3.85. The van der Waals surface area contributed by atoms with Crippen LogP contribution in [0.5, 0.6) is 0 Å². The summed E-state index contributed by atoms with van der Waals surface area (Å²) in [4.78, 5) is 13.5. The molecule has 6 heteroatoms. The highest BCUT2D eigenvalue weighted by Crippen LogP contribution is 2.24. The zero-order chi connectivity index (χ0) is 15.2. The highest BCUT2D eigenvalue weighted by molar-refractivity contribution is 5.68. The summed E-state index contributed by atoms with van der Waals surface area (Å²) in [5.41, 5.74) is 1.01. The van der Waals surface area contributed by atoms with Crippen LogP contribution in [0.2, 0.25) is 0 Å². The Morgan fingerprint density at radius 2 is 2.43 bits per heavy atom. The van der Waals surface area contributed by atoms with Crippen molar-refractivity contribution in [2.75, 3.05) is 24.6 Å². The zero-order valence-corrected chi connectivity index (χ0v) is 11.9. The van der Waals surface area contributed by atoms with E-state index in [1.54, 1.807) is 13.0 Å². The maximum absolute atomic E-state index is 13.2. The average Bonchev–Trinajstić information content (AvgIpc) is 2.47. The standard InChI is InChI=1S/C15H18FN3O2/c1-2-21-15(20)18-13-4-3-7-19(10-13)14-6-5-12(16)8-11(14)9-17/h5-6,8,13H,2-4,7,10H2,1H3,(H,18,20). The van der Waals surface area contributed by atoms with E-state index in [2.05, 4.69) is 5.32 Å². The number of hydrogen-bond acceptors (Lipinski definition) is 4. The second-order valence-electron chi connectivity index (χ2n) is 4.92. The predicted octanol–water partition coefficient (Wildman–Crippen LogP) is 2.41. The topological polar surface area (TPSA) is 65.4 Å². The molecule has 1 heterocycles. The molecule has 21 heavy (non-hydrogen) atoms. The maximum Gasteiger partial charge on any atom is 0.407 e. The number of ether oxygens (including phenoxy) is 1. The number of nitrogens with one attached hydrogen (secondary N) is 1. The van der Waals surface area contributed by atoms with Gasteiger partial charge in [-0.3, -0.25) is 0 Å². The summed E-state index contributed by atoms with van der Waals surface area (Å²) in [5, 5.41) is 11.9. The molecule has 1 aromatic rings. The fraction of sp³-hybridized carbons (Fsp3) is 0.467. The minimum Gasteiger partial charge on any atom is -0.450 e. The van der Waals surface area contributed by atoms with E-state index in [4.69, 9.17) is 10.00 Å². The Kier molecular flexibility index (Phi) is 4.99. The summed E-state index contributed by atoms with van der Waals surface area (Å²) in [6.45, 7) is 3.45. The van der Waals surface area contributed by atoms with Crippen molar-refractivity contribution >= 4 is 11.8 Å². The Bertz CT molecular complexity index is 556. The highest BCUT2D eigenvalue weighted by Gasteiger charge is 2.23. The molecule has 0 radical (unpaired) electrons. The molecule has 1 amide bonds. The lowest BCUT2D eigenvalue weighted by Crippen LogP contribution is -2.48. The molecule has 1 saturated heterocycles. The lowest BCUT2D eigenvalue weighted by Gasteiger charge is -2.35. The van der Waals surface area contributed by atoms with Crippen LogP contribution in [0.25, 0.3) is 0 Å². The predicted molar refractivity (Wildman–Crippen MR) is 76.5 cm³/mol. The molecule has 1 fully saturated rings. The number of hydrogen-bond donors (Lipinski definition) is 1. The van der Waals surface area contributed by atoms with E-state index >= 15 is 0 Å². The molecule has 1 aliphatic rings. The number of halogens is 1. The van der Waals surface area contributed by atoms with Crippen molar-refractivity contribution in [3.63, 3.8) is 0 Å². The SMILES string of the molecule is CCOC(=O)NC1CCCN(c2ccc(F)cc2C#N)C1. The molecule has 5 nitrogen and oxygen atoms in total. The van der Waals surface area contributed by atoms with Gasteiger partial charge < -0.3 is 15.0 Å². The molecular weight excluding hydrogens is 273 g/mol. The van der Waals surface area contributed by atoms with Crippen molar-refractivity contribution < 1.29 is 13.9 Å². The van der Waals surface area contributed by atoms with Crippen molar-refractivity contribution in [2.45, 2.75) is 25.8 Å². The molecule has 0 aliphatic carbocycles. The fourth-order valence-electron chi connectivity index (χ4n) is 2.53. The van der Waals surface area contributed by atoms with Gasteiger partial charge in [0.1, 0.15) is 11.9 Å². The Hall–Kier alpha value is -2.29. The fourth-order valence-corrected chi connectivity index (χ4v) is 2.53. The molecule has 0 aromatic heterocycles. The van der Waals surface area contributed by atoms with Gasteiger partial charge in [-0.15, -0.1) is 0 Å². The molecule has 1 unspecified atom stereocenters. The van der Waals surface area contributed by atoms with Gasteiger partial charge in [0, 0.05) is 19.1 Å². The monoisotopic (exact) mass is 291 g/mol. The molecule has 1 N–H and O–H groups in total. The van der Waals surface area contributed by atoms with Gasteiger partial charge in [0.15, 0.2) is 0 Å². The number of alkyl carbamates (subject to hydrolysis) is 1. The van der Waals surface area contributed by atoms with Crippen LogP contribution in [0.3, 0.4) is 0 Å². The number of nitriles is 1. The van der Waals surface area contributed by atoms with Gasteiger partial charge in [0.05, 0.1) is 17.9 Å². The van der Waals surface area contributed by atoms with Gasteiger partial charge in [-0.05, 0) is 38.0 Å². The summed E-state index contributed by atoms with van der Waals surface area (Å²) in [6, 6.07) is 6.17. The van der Waals surface area contributed by atoms with Gasteiger partial charge in [-0.2, -0.15) is 5.26 Å². The first-order chi connectivity index (χ1) is 10.1. The van der Waals surface area contributed by atoms with Crippen LogP contribution in [-0.4, -0.2) is 31.8 Å². The van der Waals surface area contributed by atoms with Crippen molar-refractivity contribution in [3.8, 4) is 6.07 Å². The zero-order valence-electron chi connectivity index (χ0n) is 11.9. The van der Waals surface area contributed by atoms with E-state index in [1.165, 1.54) is 12.1 Å². The first-order valence-corrected chi connectivity index (χ1v) is 7.02. The summed E-state index contributed by atoms with van der Waals surface area (Å²) in [6.07, 6.45) is 1.32. The van der Waals surface area contributed by atoms with E-state index in [0.29, 0.717) is 24.4 Å². The van der Waals surface area contributed by atoms with E-state index in [1.807, 2.05) is 11.0 Å². The summed E-state index contributed by atoms with van der Waals surface area (Å²) in [5.74, 6) is -0.423. The Morgan fingerprint density at radius 1 is 1.62 bits per heavy atom. The van der Waals surface area contributed by atoms with E-state index < -0.39 is 11.9 Å². The van der Waals surface area contributed by atoms with Crippen LogP contribution in [-0.2, 0) is 4.74 Å². The van der Waals surface area contributed by atoms with Crippen LogP contribution in [0.4, 0.5) is 14.9 Å². The van der Waals surface area contributed by atoms with Gasteiger partial charge in [-0.1, -0.05) is 0 Å². The lowest BCUT2D eigenvalue weighted by atomic mass is 10.0. The summed E-state index contributed by atoms with van der Waals surface area (Å²) >= 11 is 0. The second kappa shape index (κ2) is 6.93. The van der Waals surface area contributed by atoms with Crippen LogP contribution in [0.15, 0.2) is 18.2 Å². The Labute approximate surface area is 123 Å². The molecule has 2 rings (SSSR count). The molecule has 0 bridgehead atoms. The minimum absolute atomic E-state index is 0.0330. The Balaban J connectivity index is 2.07. The first-order valence-electron chi connectivity index (χ1n) is 7.02. The largest absolute Gasteiger partial charge is 0.450 e. The molecule has 1 atom stereocenters. The quantitative estimate of drug-likeness (QED) is 0.928. The number of benzene rings is 1. The average molecular weight is 291 g/mol. The van der Waals surface area contributed by atoms with E-state index in [-0.39, 0.29) is 6.04 Å². The third-order valence-electron chi connectivity index (χ3n) is 3.44. The van der Waals surface area contributed by atoms with Crippen molar-refractivity contribution in [2.24, 2.45) is 0 Å². The van der Waals surface area contributed by atoms with Crippen molar-refractivity contribution in [1.82, 2.24) is 5.32 Å². The number of piperidine rings is 1. The van der Waals surface area contributed by atoms with Gasteiger partial charge >= 0.3 is 6.09 Å². The molecular formula is C15H18FN3O2. The van der Waals surface area contributed by atoms with E-state index in [0.717, 1.165) is 19.4 Å². The van der Waals surface area contributed by atoms with Gasteiger partial charge in [0.25, 0.3) is 0 Å². The van der Waals surface area contributed by atoms with Crippen LogP contribution in [0, 0.1) is 17.1 Å². The number of carbonyl (C=O) groups is 1. The molecule has 0 spiro atoms. The number of rotatable bonds is 3. The molecule has 1 aromatic carbocycles. The smallest absolute Gasteiger partial charge is 0.407 e. The molecule has 0 saturated carbocycles. The maximum atomic E-state index is 13.2. The first kappa shape index (κ1) is 15.1. The normalized spacial score (nSPS) is 18.0. The van der Waals surface area contributed by atoms with Crippen molar-refractivity contribution in [3.05, 3.63) is 29.6 Å². The van der Waals surface area contributed by atoms with Crippen LogP contribution < -0.4 is 10.2 Å². The number of carbonyl (C=O) groups excluding carboxylic acids is 1. The summed E-state index contributed by atoms with van der Waals surface area (Å²) in [7, 11) is 0. The van der Waals surface area contributed by atoms with Gasteiger partial charge in [-0.25, -0.2) is 9.18 Å². The Morgan fingerprint density at radius 3 is 3.14 bits per heavy atom. The third-order valence-corrected chi connectivity index (χ3v) is 3.44. The molecule has 112 valence electrons. The summed E-state index contributed by atoms with van der Waals surface area (Å²) < 4.78 is 18.1. The van der Waals surface area contributed by atoms with E-state index in [9.17, 15) is 9.18 Å². The second-order valence-corrected chi connectivity index (χ2v) is 4.92. The lowest BCUT2D eigenvalue weighted by molar-refractivity contribution is 0.146. The number of anilines is 1. The molecule has 1 aliphatic heterocycles. The van der Waals surface area contributed by atoms with Gasteiger partial charge in [0.2, 0.25) is 0 Å². The highest BCUT2D eigenvalue weighted by atomic mass is 19.1. The number of nitrogens with zero attached hydrogens (tertiary/aromatic N) is 2. The number of amides is 1. The van der Waals surface area contributed by atoms with Crippen molar-refractivity contribution in [1.29, 1.82) is 5.26 Å². The minimum atomic E-state index is -0.427.